The highest BCUT2D eigenvalue weighted by atomic mass is 19.4. The standard InChI is InChI=1S/C30H27F7N2O5/c1-2-42-27(41)24(23-13-8-20(38)17-25(23)39)16-18-4-9-22(10-5-18)44-26(40)19-6-11-21(12-7-19)43-15-3-14-28(31,32)29(33,34)30(35,36)37/h4-13,16-17H,2-3,14-15,38-39H2,1H3. The maximum Gasteiger partial charge on any atom is 0.459 e. The molecule has 7 nitrogen and oxygen atoms in total. The molecule has 0 heterocycles. The molecule has 44 heavy (non-hydrogen) atoms. The Morgan fingerprint density at radius 3 is 2.02 bits per heavy atom. The van der Waals surface area contributed by atoms with Gasteiger partial charge in [0.05, 0.1) is 24.4 Å². The average Bonchev–Trinajstić information content (AvgIpc) is 2.95. The minimum atomic E-state index is -6.39. The average molecular weight is 629 g/mol. The molecule has 3 aromatic rings. The fourth-order valence-corrected chi connectivity index (χ4v) is 3.78. The number of hydrogen-bond acceptors (Lipinski definition) is 7. The number of carbonyl (C=O) groups excluding carboxylic acids is 2. The number of benzene rings is 3. The molecule has 0 aliphatic heterocycles. The van der Waals surface area contributed by atoms with E-state index < -0.39 is 49.4 Å². The van der Waals surface area contributed by atoms with Crippen LogP contribution in [0, 0.1) is 0 Å². The molecule has 0 saturated carbocycles. The third kappa shape index (κ3) is 8.20. The molecule has 0 unspecified atom stereocenters. The van der Waals surface area contributed by atoms with Gasteiger partial charge in [-0.15, -0.1) is 0 Å². The molecule has 0 aliphatic rings. The van der Waals surface area contributed by atoms with E-state index in [2.05, 4.69) is 0 Å². The molecule has 0 amide bonds. The second-order valence-corrected chi connectivity index (χ2v) is 9.34. The SMILES string of the molecule is CCOC(=O)C(=Cc1ccc(OC(=O)c2ccc(OCCCC(F)(F)C(F)(F)C(F)(F)F)cc2)cc1)c1ccc(N)cc1N. The summed E-state index contributed by atoms with van der Waals surface area (Å²) in [5.74, 6) is -12.6. The summed E-state index contributed by atoms with van der Waals surface area (Å²) in [4.78, 5) is 25.1. The third-order valence-electron chi connectivity index (χ3n) is 6.07. The van der Waals surface area contributed by atoms with Crippen LogP contribution in [0.5, 0.6) is 11.5 Å². The van der Waals surface area contributed by atoms with Gasteiger partial charge in [0.2, 0.25) is 0 Å². The van der Waals surface area contributed by atoms with Crippen LogP contribution >= 0.6 is 0 Å². The Bertz CT molecular complexity index is 1490. The van der Waals surface area contributed by atoms with E-state index >= 15 is 0 Å². The van der Waals surface area contributed by atoms with Gasteiger partial charge in [0.15, 0.2) is 0 Å². The van der Waals surface area contributed by atoms with E-state index in [4.69, 9.17) is 25.7 Å². The molecule has 0 aromatic heterocycles. The minimum absolute atomic E-state index is 0.0581. The molecular formula is C30H27F7N2O5. The van der Waals surface area contributed by atoms with Crippen LogP contribution in [0.4, 0.5) is 42.1 Å². The minimum Gasteiger partial charge on any atom is -0.494 e. The van der Waals surface area contributed by atoms with Gasteiger partial charge in [-0.25, -0.2) is 9.59 Å². The van der Waals surface area contributed by atoms with Crippen LogP contribution in [0.2, 0.25) is 0 Å². The molecule has 236 valence electrons. The quantitative estimate of drug-likeness (QED) is 0.0416. The Morgan fingerprint density at radius 2 is 1.45 bits per heavy atom. The summed E-state index contributed by atoms with van der Waals surface area (Å²) in [6.07, 6.45) is -7.38. The number of carbonyl (C=O) groups is 2. The smallest absolute Gasteiger partial charge is 0.459 e. The summed E-state index contributed by atoms with van der Waals surface area (Å²) in [6, 6.07) is 15.9. The largest absolute Gasteiger partial charge is 0.494 e. The monoisotopic (exact) mass is 628 g/mol. The van der Waals surface area contributed by atoms with Gasteiger partial charge in [-0.1, -0.05) is 12.1 Å². The maximum atomic E-state index is 13.4. The van der Waals surface area contributed by atoms with Gasteiger partial charge in [-0.05, 0) is 79.6 Å². The van der Waals surface area contributed by atoms with Gasteiger partial charge < -0.3 is 25.7 Å². The lowest BCUT2D eigenvalue weighted by Gasteiger charge is -2.28. The van der Waals surface area contributed by atoms with E-state index in [9.17, 15) is 40.3 Å². The first-order chi connectivity index (χ1) is 20.6. The number of nitrogens with two attached hydrogens (primary N) is 2. The number of rotatable bonds is 12. The zero-order valence-electron chi connectivity index (χ0n) is 23.1. The molecule has 14 heteroatoms. The highest BCUT2D eigenvalue weighted by Crippen LogP contribution is 2.48. The van der Waals surface area contributed by atoms with Crippen LogP contribution < -0.4 is 20.9 Å². The fraction of sp³-hybridized carbons (Fsp3) is 0.267. The summed E-state index contributed by atoms with van der Waals surface area (Å²) in [7, 11) is 0. The Kier molecular flexibility index (Phi) is 10.5. The van der Waals surface area contributed by atoms with E-state index in [0.29, 0.717) is 16.8 Å². The van der Waals surface area contributed by atoms with Crippen molar-refractivity contribution >= 4 is 35.0 Å². The summed E-state index contributed by atoms with van der Waals surface area (Å²) in [6.45, 7) is 1.23. The van der Waals surface area contributed by atoms with E-state index in [0.717, 1.165) is 0 Å². The van der Waals surface area contributed by atoms with Crippen molar-refractivity contribution in [2.45, 2.75) is 37.8 Å². The summed E-state index contributed by atoms with van der Waals surface area (Å²) in [5.41, 5.74) is 13.7. The lowest BCUT2D eigenvalue weighted by atomic mass is 10.0. The molecular weight excluding hydrogens is 601 g/mol. The molecule has 3 aromatic carbocycles. The molecule has 0 bridgehead atoms. The second-order valence-electron chi connectivity index (χ2n) is 9.34. The molecule has 0 spiro atoms. The van der Waals surface area contributed by atoms with Crippen molar-refractivity contribution in [3.8, 4) is 11.5 Å². The van der Waals surface area contributed by atoms with Gasteiger partial charge in [-0.2, -0.15) is 30.7 Å². The number of ether oxygens (including phenoxy) is 3. The first-order valence-corrected chi connectivity index (χ1v) is 13.0. The van der Waals surface area contributed by atoms with Crippen molar-refractivity contribution in [2.24, 2.45) is 0 Å². The van der Waals surface area contributed by atoms with Crippen molar-refractivity contribution in [3.63, 3.8) is 0 Å². The highest BCUT2D eigenvalue weighted by Gasteiger charge is 2.72. The zero-order valence-corrected chi connectivity index (χ0v) is 23.1. The summed E-state index contributed by atoms with van der Waals surface area (Å²) >= 11 is 0. The van der Waals surface area contributed by atoms with Crippen molar-refractivity contribution < 1.29 is 54.5 Å². The normalized spacial score (nSPS) is 12.5. The van der Waals surface area contributed by atoms with Crippen molar-refractivity contribution in [2.75, 3.05) is 24.7 Å². The topological polar surface area (TPSA) is 114 Å². The number of esters is 2. The molecule has 4 N–H and O–H groups in total. The highest BCUT2D eigenvalue weighted by molar-refractivity contribution is 6.23. The van der Waals surface area contributed by atoms with E-state index in [1.165, 1.54) is 42.5 Å². The van der Waals surface area contributed by atoms with Crippen molar-refractivity contribution in [1.82, 2.24) is 0 Å². The van der Waals surface area contributed by atoms with Crippen molar-refractivity contribution in [1.29, 1.82) is 0 Å². The second kappa shape index (κ2) is 13.7. The van der Waals surface area contributed by atoms with Crippen LogP contribution in [0.1, 0.15) is 41.3 Å². The Morgan fingerprint density at radius 1 is 0.841 bits per heavy atom. The molecule has 0 radical (unpaired) electrons. The number of nitrogen functional groups attached to an aromatic ring is 2. The Balaban J connectivity index is 1.60. The lowest BCUT2D eigenvalue weighted by Crippen LogP contribution is -2.51. The molecule has 3 rings (SSSR count). The number of anilines is 2. The molecule has 0 aliphatic carbocycles. The zero-order chi connectivity index (χ0) is 32.7. The predicted molar refractivity (Wildman–Crippen MR) is 148 cm³/mol. The van der Waals surface area contributed by atoms with Crippen LogP contribution in [0.3, 0.4) is 0 Å². The van der Waals surface area contributed by atoms with Gasteiger partial charge in [0.25, 0.3) is 0 Å². The lowest BCUT2D eigenvalue weighted by molar-refractivity contribution is -0.355. The van der Waals surface area contributed by atoms with E-state index in [1.807, 2.05) is 0 Å². The third-order valence-corrected chi connectivity index (χ3v) is 6.07. The summed E-state index contributed by atoms with van der Waals surface area (Å²) < 4.78 is 105. The number of alkyl halides is 7. The maximum absolute atomic E-state index is 13.4. The first kappa shape index (κ1) is 33.7. The van der Waals surface area contributed by atoms with Crippen LogP contribution in [-0.2, 0) is 9.53 Å². The van der Waals surface area contributed by atoms with Gasteiger partial charge >= 0.3 is 30.0 Å². The van der Waals surface area contributed by atoms with E-state index in [-0.39, 0.29) is 34.9 Å². The van der Waals surface area contributed by atoms with Gasteiger partial charge in [0.1, 0.15) is 11.5 Å². The van der Waals surface area contributed by atoms with E-state index in [1.54, 1.807) is 37.3 Å². The Hall–Kier alpha value is -4.75. The number of halogens is 7. The Labute approximate surface area is 247 Å². The predicted octanol–water partition coefficient (Wildman–Crippen LogP) is 7.17. The van der Waals surface area contributed by atoms with Crippen molar-refractivity contribution in [3.05, 3.63) is 83.4 Å². The first-order valence-electron chi connectivity index (χ1n) is 13.0. The van der Waals surface area contributed by atoms with Gasteiger partial charge in [-0.3, -0.25) is 0 Å². The fourth-order valence-electron chi connectivity index (χ4n) is 3.78. The summed E-state index contributed by atoms with van der Waals surface area (Å²) in [5, 5.41) is 0. The van der Waals surface area contributed by atoms with Gasteiger partial charge in [0, 0.05) is 23.4 Å². The molecule has 0 saturated heterocycles. The molecule has 0 atom stereocenters. The number of hydrogen-bond donors (Lipinski definition) is 2. The van der Waals surface area contributed by atoms with Crippen LogP contribution in [-0.4, -0.2) is 43.2 Å². The molecule has 0 fully saturated rings. The van der Waals surface area contributed by atoms with Crippen LogP contribution in [0.25, 0.3) is 11.6 Å². The van der Waals surface area contributed by atoms with Crippen LogP contribution in [0.15, 0.2) is 66.7 Å².